The zero-order valence-electron chi connectivity index (χ0n) is 19.8. The zero-order valence-corrected chi connectivity index (χ0v) is 19.8. The molecule has 1 fully saturated rings. The number of nitrogens with zero attached hydrogens (tertiary/aromatic N) is 4. The number of hydrogen-bond acceptors (Lipinski definition) is 5. The molecule has 4 rings (SSSR count). The van der Waals surface area contributed by atoms with Crippen molar-refractivity contribution >= 4 is 28.4 Å². The topological polar surface area (TPSA) is 97.2 Å². The molecule has 1 aromatic carbocycles. The fourth-order valence-corrected chi connectivity index (χ4v) is 4.35. The molecule has 8 nitrogen and oxygen atoms in total. The van der Waals surface area contributed by atoms with Gasteiger partial charge in [0.25, 0.3) is 11.5 Å². The van der Waals surface area contributed by atoms with Crippen LogP contribution in [0.15, 0.2) is 47.4 Å². The zero-order chi connectivity index (χ0) is 24.1. The second-order valence-electron chi connectivity index (χ2n) is 8.93. The number of piperidine rings is 1. The number of amides is 2. The average Bonchev–Trinajstić information content (AvgIpc) is 2.86. The lowest BCUT2D eigenvalue weighted by atomic mass is 9.96. The Morgan fingerprint density at radius 1 is 1.12 bits per heavy atom. The number of likely N-dealkylation sites (tertiary alicyclic amines) is 1. The summed E-state index contributed by atoms with van der Waals surface area (Å²) in [6.07, 6.45) is 5.98. The molecule has 0 unspecified atom stereocenters. The minimum absolute atomic E-state index is 0.142. The van der Waals surface area contributed by atoms with E-state index in [-0.39, 0.29) is 29.0 Å². The van der Waals surface area contributed by atoms with Crippen molar-refractivity contribution in [3.8, 4) is 0 Å². The summed E-state index contributed by atoms with van der Waals surface area (Å²) in [4.78, 5) is 45.3. The molecule has 1 saturated heterocycles. The van der Waals surface area contributed by atoms with Gasteiger partial charge in [0, 0.05) is 31.2 Å². The number of aryl methyl sites for hydroxylation is 2. The number of rotatable bonds is 7. The largest absolute Gasteiger partial charge is 0.336 e. The predicted octanol–water partition coefficient (Wildman–Crippen LogP) is 3.78. The van der Waals surface area contributed by atoms with Gasteiger partial charge in [-0.05, 0) is 43.9 Å². The van der Waals surface area contributed by atoms with Crippen LogP contribution >= 0.6 is 0 Å². The van der Waals surface area contributed by atoms with Crippen LogP contribution in [-0.4, -0.2) is 44.6 Å². The van der Waals surface area contributed by atoms with Gasteiger partial charge < -0.3 is 10.2 Å². The fraction of sp³-hybridized carbons (Fsp3) is 0.423. The van der Waals surface area contributed by atoms with E-state index in [2.05, 4.69) is 22.3 Å². The maximum atomic E-state index is 13.6. The molecule has 3 aromatic rings. The highest BCUT2D eigenvalue weighted by molar-refractivity contribution is 6.05. The Morgan fingerprint density at radius 3 is 2.65 bits per heavy atom. The van der Waals surface area contributed by atoms with Gasteiger partial charge in [0.1, 0.15) is 5.82 Å². The quantitative estimate of drug-likeness (QED) is 0.540. The Hall–Kier alpha value is -3.55. The third-order valence-corrected chi connectivity index (χ3v) is 6.29. The van der Waals surface area contributed by atoms with Gasteiger partial charge in [-0.3, -0.25) is 14.4 Å². The summed E-state index contributed by atoms with van der Waals surface area (Å²) in [5.74, 6) is -0.212. The summed E-state index contributed by atoms with van der Waals surface area (Å²) in [5, 5.41) is 8.41. The van der Waals surface area contributed by atoms with Gasteiger partial charge in [-0.1, -0.05) is 44.0 Å². The Bertz CT molecular complexity index is 1240. The number of anilines is 1. The van der Waals surface area contributed by atoms with Crippen molar-refractivity contribution in [3.63, 3.8) is 0 Å². The van der Waals surface area contributed by atoms with Gasteiger partial charge in [-0.25, -0.2) is 9.67 Å². The van der Waals surface area contributed by atoms with Crippen LogP contribution in [0.4, 0.5) is 5.82 Å². The van der Waals surface area contributed by atoms with Crippen molar-refractivity contribution in [2.75, 3.05) is 18.4 Å². The lowest BCUT2D eigenvalue weighted by Gasteiger charge is -2.32. The second-order valence-corrected chi connectivity index (χ2v) is 8.93. The predicted molar refractivity (Wildman–Crippen MR) is 132 cm³/mol. The molecule has 1 aliphatic heterocycles. The summed E-state index contributed by atoms with van der Waals surface area (Å²) < 4.78 is 1.42. The van der Waals surface area contributed by atoms with E-state index in [1.54, 1.807) is 35.4 Å². The summed E-state index contributed by atoms with van der Waals surface area (Å²) >= 11 is 0. The van der Waals surface area contributed by atoms with Crippen LogP contribution in [0.25, 0.3) is 10.8 Å². The monoisotopic (exact) mass is 461 g/mol. The SMILES string of the molecule is CCCCCn1nc(C(=O)N2CCC[C@@H](C(=O)Nc3ccc(C)cn3)C2)c2ccccc2c1=O. The maximum Gasteiger partial charge on any atom is 0.274 e. The molecule has 0 radical (unpaired) electrons. The molecule has 178 valence electrons. The van der Waals surface area contributed by atoms with Crippen LogP contribution in [0.1, 0.15) is 55.1 Å². The van der Waals surface area contributed by atoms with Crippen LogP contribution in [0.3, 0.4) is 0 Å². The van der Waals surface area contributed by atoms with E-state index in [4.69, 9.17) is 0 Å². The Morgan fingerprint density at radius 2 is 1.91 bits per heavy atom. The van der Waals surface area contributed by atoms with E-state index in [9.17, 15) is 14.4 Å². The van der Waals surface area contributed by atoms with Crippen molar-refractivity contribution in [2.24, 2.45) is 5.92 Å². The molecule has 0 spiro atoms. The molecule has 0 saturated carbocycles. The lowest BCUT2D eigenvalue weighted by Crippen LogP contribution is -2.44. The molecule has 0 aliphatic carbocycles. The van der Waals surface area contributed by atoms with E-state index in [0.717, 1.165) is 31.2 Å². The molecule has 0 bridgehead atoms. The van der Waals surface area contributed by atoms with Crippen molar-refractivity contribution in [1.29, 1.82) is 0 Å². The van der Waals surface area contributed by atoms with Crippen molar-refractivity contribution < 1.29 is 9.59 Å². The van der Waals surface area contributed by atoms with E-state index < -0.39 is 0 Å². The van der Waals surface area contributed by atoms with E-state index in [1.807, 2.05) is 19.1 Å². The summed E-state index contributed by atoms with van der Waals surface area (Å²) in [6.45, 7) is 5.38. The number of carbonyl (C=O) groups excluding carboxylic acids is 2. The van der Waals surface area contributed by atoms with Crippen LogP contribution < -0.4 is 10.9 Å². The highest BCUT2D eigenvalue weighted by atomic mass is 16.2. The first kappa shape index (κ1) is 23.6. The number of aromatic nitrogens is 3. The van der Waals surface area contributed by atoms with Crippen LogP contribution in [-0.2, 0) is 11.3 Å². The van der Waals surface area contributed by atoms with E-state index in [0.29, 0.717) is 42.6 Å². The van der Waals surface area contributed by atoms with Crippen molar-refractivity contribution in [3.05, 3.63) is 64.2 Å². The smallest absolute Gasteiger partial charge is 0.274 e. The van der Waals surface area contributed by atoms with Crippen molar-refractivity contribution in [1.82, 2.24) is 19.7 Å². The second kappa shape index (κ2) is 10.6. The lowest BCUT2D eigenvalue weighted by molar-refractivity contribution is -0.121. The summed E-state index contributed by atoms with van der Waals surface area (Å²) in [5.41, 5.74) is 1.11. The molecule has 1 N–H and O–H groups in total. The van der Waals surface area contributed by atoms with Gasteiger partial charge in [0.15, 0.2) is 5.69 Å². The van der Waals surface area contributed by atoms with Gasteiger partial charge in [0.2, 0.25) is 5.91 Å². The fourth-order valence-electron chi connectivity index (χ4n) is 4.35. The number of unbranched alkanes of at least 4 members (excludes halogenated alkanes) is 2. The first-order chi connectivity index (χ1) is 16.5. The van der Waals surface area contributed by atoms with Crippen LogP contribution in [0.2, 0.25) is 0 Å². The molecule has 8 heteroatoms. The van der Waals surface area contributed by atoms with Crippen LogP contribution in [0.5, 0.6) is 0 Å². The maximum absolute atomic E-state index is 13.6. The molecule has 1 atom stereocenters. The molecular weight excluding hydrogens is 430 g/mol. The third-order valence-electron chi connectivity index (χ3n) is 6.29. The number of pyridine rings is 1. The van der Waals surface area contributed by atoms with Gasteiger partial charge >= 0.3 is 0 Å². The average molecular weight is 462 g/mol. The normalized spacial score (nSPS) is 15.9. The highest BCUT2D eigenvalue weighted by Gasteiger charge is 2.31. The minimum Gasteiger partial charge on any atom is -0.336 e. The Kier molecular flexibility index (Phi) is 7.35. The molecular formula is C26H31N5O3. The first-order valence-electron chi connectivity index (χ1n) is 12.0. The summed E-state index contributed by atoms with van der Waals surface area (Å²) in [6, 6.07) is 10.8. The number of hydrogen-bond donors (Lipinski definition) is 1. The molecule has 3 heterocycles. The molecule has 1 aliphatic rings. The van der Waals surface area contributed by atoms with Gasteiger partial charge in [-0.15, -0.1) is 0 Å². The van der Waals surface area contributed by atoms with Gasteiger partial charge in [0.05, 0.1) is 11.3 Å². The number of nitrogens with one attached hydrogen (secondary N) is 1. The van der Waals surface area contributed by atoms with Gasteiger partial charge in [-0.2, -0.15) is 5.10 Å². The number of fused-ring (bicyclic) bond motifs is 1. The van der Waals surface area contributed by atoms with E-state index >= 15 is 0 Å². The molecule has 34 heavy (non-hydrogen) atoms. The Balaban J connectivity index is 1.56. The molecule has 2 amide bonds. The highest BCUT2D eigenvalue weighted by Crippen LogP contribution is 2.22. The molecule has 2 aromatic heterocycles. The van der Waals surface area contributed by atoms with Crippen LogP contribution in [0, 0.1) is 12.8 Å². The van der Waals surface area contributed by atoms with E-state index in [1.165, 1.54) is 4.68 Å². The first-order valence-corrected chi connectivity index (χ1v) is 12.0. The number of benzene rings is 1. The third kappa shape index (κ3) is 5.16. The standard InChI is InChI=1S/C26H31N5O3/c1-3-4-7-15-31-25(33)21-11-6-5-10-20(21)23(29-31)26(34)30-14-8-9-19(17-30)24(32)28-22-13-12-18(2)16-27-22/h5-6,10-13,16,19H,3-4,7-9,14-15,17H2,1-2H3,(H,27,28,32)/t19-/m1/s1. The van der Waals surface area contributed by atoms with Crippen molar-refractivity contribution in [2.45, 2.75) is 52.5 Å². The Labute approximate surface area is 199 Å². The number of carbonyl (C=O) groups is 2. The summed E-state index contributed by atoms with van der Waals surface area (Å²) in [7, 11) is 0. The minimum atomic E-state index is -0.331.